The highest BCUT2D eigenvalue weighted by molar-refractivity contribution is 6.04. The number of amides is 1. The molecule has 1 amide bonds. The maximum Gasteiger partial charge on any atom is 0.322 e. The molecule has 6 nitrogen and oxygen atoms in total. The molecule has 2 aromatic rings. The summed E-state index contributed by atoms with van der Waals surface area (Å²) in [6.07, 6.45) is 3.50. The quantitative estimate of drug-likeness (QED) is 0.812. The summed E-state index contributed by atoms with van der Waals surface area (Å²) in [5.41, 5.74) is 7.79. The molecule has 23 heavy (non-hydrogen) atoms. The minimum atomic E-state index is -0.692. The maximum absolute atomic E-state index is 12.0. The molecule has 0 aliphatic carbocycles. The van der Waals surface area contributed by atoms with E-state index >= 15 is 0 Å². The lowest BCUT2D eigenvalue weighted by atomic mass is 10.1. The van der Waals surface area contributed by atoms with Crippen LogP contribution in [0.4, 0.5) is 5.69 Å². The Labute approximate surface area is 140 Å². The Morgan fingerprint density at radius 3 is 2.35 bits per heavy atom. The molecule has 1 aromatic heterocycles. The van der Waals surface area contributed by atoms with Gasteiger partial charge in [-0.15, -0.1) is 12.4 Å². The van der Waals surface area contributed by atoms with Crippen LogP contribution >= 0.6 is 12.4 Å². The molecule has 0 aliphatic rings. The SMILES string of the molecule is COC(=O)[C@@H](N)Cc1ccc(NC(=O)c2ccncc2)cc1.Cl. The van der Waals surface area contributed by atoms with E-state index in [2.05, 4.69) is 15.0 Å². The molecule has 2 rings (SSSR count). The topological polar surface area (TPSA) is 94.3 Å². The Hall–Kier alpha value is -2.44. The van der Waals surface area contributed by atoms with Gasteiger partial charge in [0, 0.05) is 23.6 Å². The zero-order chi connectivity index (χ0) is 15.9. The second-order valence-corrected chi connectivity index (χ2v) is 4.72. The second kappa shape index (κ2) is 8.87. The Kier molecular flexibility index (Phi) is 7.18. The molecule has 7 heteroatoms. The monoisotopic (exact) mass is 335 g/mol. The number of nitrogens with two attached hydrogens (primary N) is 1. The summed E-state index contributed by atoms with van der Waals surface area (Å²) < 4.78 is 4.58. The number of hydrogen-bond acceptors (Lipinski definition) is 5. The number of halogens is 1. The average molecular weight is 336 g/mol. The summed E-state index contributed by atoms with van der Waals surface area (Å²) in [6, 6.07) is 9.73. The van der Waals surface area contributed by atoms with Gasteiger partial charge in [-0.25, -0.2) is 0 Å². The molecule has 3 N–H and O–H groups in total. The third-order valence-corrected chi connectivity index (χ3v) is 3.11. The molecular weight excluding hydrogens is 318 g/mol. The third kappa shape index (κ3) is 5.36. The van der Waals surface area contributed by atoms with Crippen LogP contribution in [0.1, 0.15) is 15.9 Å². The van der Waals surface area contributed by atoms with E-state index in [9.17, 15) is 9.59 Å². The van der Waals surface area contributed by atoms with Crippen molar-refractivity contribution < 1.29 is 14.3 Å². The zero-order valence-corrected chi connectivity index (χ0v) is 13.4. The maximum atomic E-state index is 12.0. The number of esters is 1. The first-order valence-electron chi connectivity index (χ1n) is 6.74. The number of methoxy groups -OCH3 is 1. The van der Waals surface area contributed by atoms with Gasteiger partial charge in [-0.1, -0.05) is 12.1 Å². The number of pyridine rings is 1. The van der Waals surface area contributed by atoms with Crippen molar-refractivity contribution in [1.29, 1.82) is 0 Å². The van der Waals surface area contributed by atoms with E-state index in [0.29, 0.717) is 17.7 Å². The highest BCUT2D eigenvalue weighted by Gasteiger charge is 2.14. The first kappa shape index (κ1) is 18.6. The van der Waals surface area contributed by atoms with Gasteiger partial charge in [0.15, 0.2) is 0 Å². The van der Waals surface area contributed by atoms with Gasteiger partial charge in [0.2, 0.25) is 0 Å². The van der Waals surface area contributed by atoms with Gasteiger partial charge < -0.3 is 15.8 Å². The van der Waals surface area contributed by atoms with Crippen LogP contribution in [0.2, 0.25) is 0 Å². The molecule has 122 valence electrons. The summed E-state index contributed by atoms with van der Waals surface area (Å²) in [5.74, 6) is -0.656. The number of carbonyl (C=O) groups is 2. The van der Waals surface area contributed by atoms with E-state index < -0.39 is 12.0 Å². The van der Waals surface area contributed by atoms with E-state index in [-0.39, 0.29) is 18.3 Å². The fourth-order valence-corrected chi connectivity index (χ4v) is 1.92. The fourth-order valence-electron chi connectivity index (χ4n) is 1.92. The largest absolute Gasteiger partial charge is 0.468 e. The van der Waals surface area contributed by atoms with Crippen LogP contribution < -0.4 is 11.1 Å². The van der Waals surface area contributed by atoms with Gasteiger partial charge in [-0.2, -0.15) is 0 Å². The van der Waals surface area contributed by atoms with Gasteiger partial charge in [0.25, 0.3) is 5.91 Å². The minimum Gasteiger partial charge on any atom is -0.468 e. The summed E-state index contributed by atoms with van der Waals surface area (Å²) >= 11 is 0. The molecule has 0 aliphatic heterocycles. The smallest absolute Gasteiger partial charge is 0.322 e. The number of nitrogens with one attached hydrogen (secondary N) is 1. The normalized spacial score (nSPS) is 11.0. The molecule has 0 bridgehead atoms. The van der Waals surface area contributed by atoms with Crippen LogP contribution in [0.3, 0.4) is 0 Å². The molecule has 1 atom stereocenters. The van der Waals surface area contributed by atoms with E-state index in [0.717, 1.165) is 5.56 Å². The van der Waals surface area contributed by atoms with Crippen LogP contribution in [-0.4, -0.2) is 30.0 Å². The van der Waals surface area contributed by atoms with Crippen LogP contribution in [0, 0.1) is 0 Å². The van der Waals surface area contributed by atoms with Crippen LogP contribution in [-0.2, 0) is 16.0 Å². The van der Waals surface area contributed by atoms with Crippen molar-refractivity contribution in [1.82, 2.24) is 4.98 Å². The number of ether oxygens (including phenoxy) is 1. The molecular formula is C16H18ClN3O3. The molecule has 0 unspecified atom stereocenters. The number of benzene rings is 1. The Balaban J connectivity index is 0.00000264. The van der Waals surface area contributed by atoms with Crippen molar-refractivity contribution in [3.63, 3.8) is 0 Å². The minimum absolute atomic E-state index is 0. The average Bonchev–Trinajstić information content (AvgIpc) is 2.56. The predicted molar refractivity (Wildman–Crippen MR) is 89.6 cm³/mol. The number of anilines is 1. The van der Waals surface area contributed by atoms with Crippen molar-refractivity contribution in [3.8, 4) is 0 Å². The second-order valence-electron chi connectivity index (χ2n) is 4.72. The van der Waals surface area contributed by atoms with E-state index in [1.807, 2.05) is 12.1 Å². The highest BCUT2D eigenvalue weighted by atomic mass is 35.5. The molecule has 0 saturated carbocycles. The van der Waals surface area contributed by atoms with Gasteiger partial charge in [0.05, 0.1) is 7.11 Å². The number of aromatic nitrogens is 1. The van der Waals surface area contributed by atoms with Crippen molar-refractivity contribution in [2.75, 3.05) is 12.4 Å². The predicted octanol–water partition coefficient (Wildman–Crippen LogP) is 1.80. The lowest BCUT2D eigenvalue weighted by Crippen LogP contribution is -2.33. The van der Waals surface area contributed by atoms with Crippen molar-refractivity contribution in [2.45, 2.75) is 12.5 Å². The van der Waals surface area contributed by atoms with Crippen molar-refractivity contribution in [3.05, 3.63) is 59.9 Å². The first-order chi connectivity index (χ1) is 10.6. The van der Waals surface area contributed by atoms with E-state index in [1.165, 1.54) is 7.11 Å². The summed E-state index contributed by atoms with van der Waals surface area (Å²) in [7, 11) is 1.31. The molecule has 1 heterocycles. The van der Waals surface area contributed by atoms with E-state index in [4.69, 9.17) is 5.73 Å². The number of nitrogens with zero attached hydrogens (tertiary/aromatic N) is 1. The van der Waals surface area contributed by atoms with Gasteiger partial charge >= 0.3 is 5.97 Å². The zero-order valence-electron chi connectivity index (χ0n) is 12.6. The molecule has 0 fully saturated rings. The van der Waals surface area contributed by atoms with Crippen LogP contribution in [0.5, 0.6) is 0 Å². The third-order valence-electron chi connectivity index (χ3n) is 3.11. The molecule has 1 aromatic carbocycles. The Bertz CT molecular complexity index is 647. The first-order valence-corrected chi connectivity index (χ1v) is 6.74. The van der Waals surface area contributed by atoms with Crippen molar-refractivity contribution in [2.24, 2.45) is 5.73 Å². The lowest BCUT2D eigenvalue weighted by molar-refractivity contribution is -0.142. The van der Waals surface area contributed by atoms with Gasteiger partial charge in [-0.3, -0.25) is 14.6 Å². The molecule has 0 spiro atoms. The van der Waals surface area contributed by atoms with E-state index in [1.54, 1.807) is 36.7 Å². The Morgan fingerprint density at radius 1 is 1.17 bits per heavy atom. The van der Waals surface area contributed by atoms with Crippen LogP contribution in [0.25, 0.3) is 0 Å². The standard InChI is InChI=1S/C16H17N3O3.ClH/c1-22-16(21)14(17)10-11-2-4-13(5-3-11)19-15(20)12-6-8-18-9-7-12;/h2-9,14H,10,17H2,1H3,(H,19,20);1H/t14-;/m0./s1. The highest BCUT2D eigenvalue weighted by Crippen LogP contribution is 2.12. The summed E-state index contributed by atoms with van der Waals surface area (Å²) in [6.45, 7) is 0. The lowest BCUT2D eigenvalue weighted by Gasteiger charge is -2.10. The van der Waals surface area contributed by atoms with Crippen molar-refractivity contribution >= 4 is 30.0 Å². The fraction of sp³-hybridized carbons (Fsp3) is 0.188. The van der Waals surface area contributed by atoms with Gasteiger partial charge in [0.1, 0.15) is 6.04 Å². The number of hydrogen-bond donors (Lipinski definition) is 2. The van der Waals surface area contributed by atoms with Crippen LogP contribution in [0.15, 0.2) is 48.8 Å². The number of carbonyl (C=O) groups excluding carboxylic acids is 2. The number of rotatable bonds is 5. The molecule has 0 radical (unpaired) electrons. The van der Waals surface area contributed by atoms with Gasteiger partial charge in [-0.05, 0) is 36.2 Å². The summed E-state index contributed by atoms with van der Waals surface area (Å²) in [5, 5.41) is 2.78. The molecule has 0 saturated heterocycles. The summed E-state index contributed by atoms with van der Waals surface area (Å²) in [4.78, 5) is 27.1. The Morgan fingerprint density at radius 2 is 1.78 bits per heavy atom.